The highest BCUT2D eigenvalue weighted by Gasteiger charge is 2.37. The molecular formula is C28H36N4O5. The van der Waals surface area contributed by atoms with E-state index in [9.17, 15) is 14.4 Å². The van der Waals surface area contributed by atoms with Crippen LogP contribution in [0, 0.1) is 5.92 Å². The molecule has 0 spiro atoms. The van der Waals surface area contributed by atoms with Gasteiger partial charge in [-0.3, -0.25) is 19.3 Å². The molecule has 37 heavy (non-hydrogen) atoms. The Hall–Kier alpha value is -3.59. The Balaban J connectivity index is 1.41. The maximum Gasteiger partial charge on any atom is 0.254 e. The summed E-state index contributed by atoms with van der Waals surface area (Å²) in [6, 6.07) is 12.1. The van der Waals surface area contributed by atoms with Crippen molar-refractivity contribution in [2.24, 2.45) is 5.92 Å². The number of nitrogens with zero attached hydrogens (tertiary/aromatic N) is 2. The van der Waals surface area contributed by atoms with Gasteiger partial charge in [-0.2, -0.15) is 0 Å². The normalized spacial score (nSPS) is 17.2. The van der Waals surface area contributed by atoms with Crippen molar-refractivity contribution in [2.45, 2.75) is 38.6 Å². The summed E-state index contributed by atoms with van der Waals surface area (Å²) in [5.74, 6) is 1.20. The molecule has 0 bridgehead atoms. The van der Waals surface area contributed by atoms with Crippen LogP contribution < -0.4 is 20.1 Å². The molecule has 2 fully saturated rings. The van der Waals surface area contributed by atoms with E-state index in [0.29, 0.717) is 60.5 Å². The molecular weight excluding hydrogens is 472 g/mol. The molecule has 2 N–H and O–H groups in total. The van der Waals surface area contributed by atoms with Crippen LogP contribution in [0.2, 0.25) is 0 Å². The van der Waals surface area contributed by atoms with E-state index in [-0.39, 0.29) is 23.8 Å². The Bertz CT molecular complexity index is 1110. The molecule has 3 amide bonds. The minimum absolute atomic E-state index is 0.0150. The molecule has 0 unspecified atom stereocenters. The van der Waals surface area contributed by atoms with Crippen LogP contribution in [0.5, 0.6) is 11.5 Å². The Kier molecular flexibility index (Phi) is 8.66. The second kappa shape index (κ2) is 12.1. The molecule has 1 aliphatic carbocycles. The maximum atomic E-state index is 13.5. The van der Waals surface area contributed by atoms with Gasteiger partial charge in [0, 0.05) is 50.0 Å². The highest BCUT2D eigenvalue weighted by atomic mass is 16.5. The molecule has 2 aromatic carbocycles. The van der Waals surface area contributed by atoms with Gasteiger partial charge in [0.1, 0.15) is 0 Å². The average Bonchev–Trinajstić information content (AvgIpc) is 3.43. The second-order valence-corrected chi connectivity index (χ2v) is 9.64. The molecule has 1 atom stereocenters. The van der Waals surface area contributed by atoms with Gasteiger partial charge < -0.3 is 25.0 Å². The predicted octanol–water partition coefficient (Wildman–Crippen LogP) is 3.62. The summed E-state index contributed by atoms with van der Waals surface area (Å²) in [5.41, 5.74) is 1.94. The molecule has 1 saturated carbocycles. The van der Waals surface area contributed by atoms with E-state index < -0.39 is 0 Å². The number of carbonyl (C=O) groups excluding carboxylic acids is 3. The second-order valence-electron chi connectivity index (χ2n) is 9.64. The summed E-state index contributed by atoms with van der Waals surface area (Å²) in [6.07, 6.45) is 4.34. The fourth-order valence-corrected chi connectivity index (χ4v) is 5.36. The topological polar surface area (TPSA) is 100 Å². The van der Waals surface area contributed by atoms with E-state index >= 15 is 0 Å². The zero-order chi connectivity index (χ0) is 26.4. The smallest absolute Gasteiger partial charge is 0.254 e. The molecule has 0 radical (unpaired) electrons. The van der Waals surface area contributed by atoms with E-state index in [0.717, 1.165) is 25.7 Å². The molecule has 9 nitrogen and oxygen atoms in total. The third kappa shape index (κ3) is 6.40. The predicted molar refractivity (Wildman–Crippen MR) is 142 cm³/mol. The maximum absolute atomic E-state index is 13.5. The Morgan fingerprint density at radius 3 is 2.00 bits per heavy atom. The van der Waals surface area contributed by atoms with Gasteiger partial charge in [-0.15, -0.1) is 0 Å². The van der Waals surface area contributed by atoms with Crippen LogP contribution in [0.15, 0.2) is 42.5 Å². The lowest BCUT2D eigenvalue weighted by atomic mass is 9.94. The quantitative estimate of drug-likeness (QED) is 0.565. The van der Waals surface area contributed by atoms with E-state index in [2.05, 4.69) is 15.5 Å². The lowest BCUT2D eigenvalue weighted by Crippen LogP contribution is -2.56. The van der Waals surface area contributed by atoms with Gasteiger partial charge in [-0.1, -0.05) is 12.8 Å². The zero-order valence-corrected chi connectivity index (χ0v) is 21.8. The van der Waals surface area contributed by atoms with Gasteiger partial charge in [-0.05, 0) is 61.2 Å². The van der Waals surface area contributed by atoms with E-state index in [1.807, 2.05) is 4.90 Å². The van der Waals surface area contributed by atoms with Crippen LogP contribution in [0.3, 0.4) is 0 Å². The molecule has 4 rings (SSSR count). The van der Waals surface area contributed by atoms with Gasteiger partial charge in [0.15, 0.2) is 11.5 Å². The van der Waals surface area contributed by atoms with Gasteiger partial charge >= 0.3 is 0 Å². The van der Waals surface area contributed by atoms with Crippen LogP contribution in [0.4, 0.5) is 11.4 Å². The van der Waals surface area contributed by atoms with Crippen LogP contribution in [0.1, 0.15) is 43.0 Å². The van der Waals surface area contributed by atoms with Crippen LogP contribution in [-0.2, 0) is 9.59 Å². The number of piperazine rings is 1. The van der Waals surface area contributed by atoms with Gasteiger partial charge in [0.2, 0.25) is 11.8 Å². The van der Waals surface area contributed by atoms with Crippen molar-refractivity contribution in [3.8, 4) is 11.5 Å². The summed E-state index contributed by atoms with van der Waals surface area (Å²) in [5, 5.41) is 5.82. The summed E-state index contributed by atoms with van der Waals surface area (Å²) < 4.78 is 10.6. The third-order valence-electron chi connectivity index (χ3n) is 7.21. The molecule has 1 aliphatic heterocycles. The fourth-order valence-electron chi connectivity index (χ4n) is 5.36. The fraction of sp³-hybridized carbons (Fsp3) is 0.464. The number of ether oxygens (including phenoxy) is 2. The Morgan fingerprint density at radius 1 is 0.838 bits per heavy atom. The summed E-state index contributed by atoms with van der Waals surface area (Å²) >= 11 is 0. The molecule has 198 valence electrons. The van der Waals surface area contributed by atoms with E-state index in [1.165, 1.54) is 6.92 Å². The first-order valence-corrected chi connectivity index (χ1v) is 12.8. The first-order valence-electron chi connectivity index (χ1n) is 12.8. The van der Waals surface area contributed by atoms with Crippen molar-refractivity contribution in [1.29, 1.82) is 0 Å². The number of amides is 3. The number of methoxy groups -OCH3 is 2. The standard InChI is InChI=1S/C28H36N4O5/c1-19(33)29-22-9-11-23(12-10-22)30-27(34)26(20-6-4-5-7-20)31-14-16-32(17-15-31)28(35)21-8-13-24(36-2)25(18-21)37-3/h8-13,18,20,26H,4-7,14-17H2,1-3H3,(H,29,33)(H,30,34)/t26-/m1/s1. The van der Waals surface area contributed by atoms with Gasteiger partial charge in [0.05, 0.1) is 20.3 Å². The van der Waals surface area contributed by atoms with Crippen molar-refractivity contribution < 1.29 is 23.9 Å². The van der Waals surface area contributed by atoms with Crippen molar-refractivity contribution >= 4 is 29.1 Å². The lowest BCUT2D eigenvalue weighted by Gasteiger charge is -2.40. The molecule has 2 aromatic rings. The number of hydrogen-bond acceptors (Lipinski definition) is 6. The number of rotatable bonds is 8. The number of benzene rings is 2. The van der Waals surface area contributed by atoms with Gasteiger partial charge in [-0.25, -0.2) is 0 Å². The van der Waals surface area contributed by atoms with Crippen LogP contribution in [0.25, 0.3) is 0 Å². The monoisotopic (exact) mass is 508 g/mol. The highest BCUT2D eigenvalue weighted by molar-refractivity contribution is 5.96. The van der Waals surface area contributed by atoms with Crippen molar-refractivity contribution in [2.75, 3.05) is 51.0 Å². The van der Waals surface area contributed by atoms with Gasteiger partial charge in [0.25, 0.3) is 5.91 Å². The first-order chi connectivity index (χ1) is 17.9. The largest absolute Gasteiger partial charge is 0.493 e. The molecule has 9 heteroatoms. The minimum atomic E-state index is -0.240. The number of hydrogen-bond donors (Lipinski definition) is 2. The number of carbonyl (C=O) groups is 3. The summed E-state index contributed by atoms with van der Waals surface area (Å²) in [4.78, 5) is 42.0. The Morgan fingerprint density at radius 2 is 1.43 bits per heavy atom. The molecule has 1 heterocycles. The average molecular weight is 509 g/mol. The third-order valence-corrected chi connectivity index (χ3v) is 7.21. The first kappa shape index (κ1) is 26.5. The van der Waals surface area contributed by atoms with E-state index in [4.69, 9.17) is 9.47 Å². The zero-order valence-electron chi connectivity index (χ0n) is 21.8. The van der Waals surface area contributed by atoms with Crippen molar-refractivity contribution in [3.05, 3.63) is 48.0 Å². The molecule has 0 aromatic heterocycles. The Labute approximate surface area is 218 Å². The molecule has 2 aliphatic rings. The van der Waals surface area contributed by atoms with Crippen LogP contribution >= 0.6 is 0 Å². The minimum Gasteiger partial charge on any atom is -0.493 e. The summed E-state index contributed by atoms with van der Waals surface area (Å²) in [6.45, 7) is 3.83. The summed E-state index contributed by atoms with van der Waals surface area (Å²) in [7, 11) is 3.12. The van der Waals surface area contributed by atoms with Crippen molar-refractivity contribution in [1.82, 2.24) is 9.80 Å². The molecule has 1 saturated heterocycles. The number of anilines is 2. The highest BCUT2D eigenvalue weighted by Crippen LogP contribution is 2.32. The SMILES string of the molecule is COc1ccc(C(=O)N2CCN([C@@H](C(=O)Nc3ccc(NC(C)=O)cc3)C3CCCC3)CC2)cc1OC. The van der Waals surface area contributed by atoms with Crippen LogP contribution in [-0.4, -0.2) is 74.0 Å². The lowest BCUT2D eigenvalue weighted by molar-refractivity contribution is -0.124. The van der Waals surface area contributed by atoms with Crippen molar-refractivity contribution in [3.63, 3.8) is 0 Å². The number of nitrogens with one attached hydrogen (secondary N) is 2. The van der Waals surface area contributed by atoms with E-state index in [1.54, 1.807) is 56.7 Å².